The van der Waals surface area contributed by atoms with E-state index in [4.69, 9.17) is 22.2 Å². The molecule has 0 saturated heterocycles. The summed E-state index contributed by atoms with van der Waals surface area (Å²) in [5, 5.41) is 0.686. The molecule has 0 fully saturated rings. The number of hydrogen-bond donors (Lipinski definition) is 2. The molecule has 1 aliphatic rings. The average molecular weight is 354 g/mol. The van der Waals surface area contributed by atoms with Gasteiger partial charge in [0.1, 0.15) is 5.75 Å². The zero-order valence-corrected chi connectivity index (χ0v) is 13.0. The normalized spacial score (nSPS) is 14.8. The van der Waals surface area contributed by atoms with Gasteiger partial charge in [0.05, 0.1) is 12.6 Å². The second kappa shape index (κ2) is 5.74. The van der Waals surface area contributed by atoms with E-state index in [1.165, 1.54) is 5.56 Å². The highest BCUT2D eigenvalue weighted by atomic mass is 79.9. The molecule has 0 aromatic heterocycles. The Kier molecular flexibility index (Phi) is 3.98. The molecular weight excluding hydrogens is 340 g/mol. The minimum absolute atomic E-state index is 0.144. The summed E-state index contributed by atoms with van der Waals surface area (Å²) in [6.07, 6.45) is 0.947. The molecule has 1 unspecified atom stereocenters. The second-order valence-electron chi connectivity index (χ2n) is 4.70. The molecule has 104 valence electrons. The van der Waals surface area contributed by atoms with Gasteiger partial charge in [0, 0.05) is 21.5 Å². The first-order chi connectivity index (χ1) is 9.70. The highest BCUT2D eigenvalue weighted by Gasteiger charge is 2.23. The van der Waals surface area contributed by atoms with Crippen LogP contribution < -0.4 is 16.0 Å². The maximum atomic E-state index is 6.00. The van der Waals surface area contributed by atoms with E-state index < -0.39 is 0 Å². The molecule has 2 aromatic carbocycles. The van der Waals surface area contributed by atoms with Gasteiger partial charge in [-0.05, 0) is 23.3 Å². The van der Waals surface area contributed by atoms with Crippen molar-refractivity contribution in [1.82, 2.24) is 5.43 Å². The lowest BCUT2D eigenvalue weighted by Gasteiger charge is -2.20. The fourth-order valence-corrected chi connectivity index (χ4v) is 3.46. The van der Waals surface area contributed by atoms with E-state index >= 15 is 0 Å². The lowest BCUT2D eigenvalue weighted by Crippen LogP contribution is -2.29. The molecule has 1 atom stereocenters. The summed E-state index contributed by atoms with van der Waals surface area (Å²) in [5.74, 6) is 6.72. The molecule has 1 aliphatic heterocycles. The molecule has 20 heavy (non-hydrogen) atoms. The van der Waals surface area contributed by atoms with Crippen LogP contribution in [0.1, 0.15) is 22.7 Å². The number of nitrogens with one attached hydrogen (secondary N) is 1. The highest BCUT2D eigenvalue weighted by molar-refractivity contribution is 9.10. The Labute approximate surface area is 131 Å². The largest absolute Gasteiger partial charge is 0.493 e. The van der Waals surface area contributed by atoms with E-state index in [2.05, 4.69) is 27.4 Å². The van der Waals surface area contributed by atoms with Gasteiger partial charge in [0.15, 0.2) is 0 Å². The van der Waals surface area contributed by atoms with E-state index in [1.807, 2.05) is 30.3 Å². The van der Waals surface area contributed by atoms with E-state index in [9.17, 15) is 0 Å². The summed E-state index contributed by atoms with van der Waals surface area (Å²) in [5.41, 5.74) is 6.18. The number of hydrogen-bond acceptors (Lipinski definition) is 3. The van der Waals surface area contributed by atoms with Gasteiger partial charge in [-0.25, -0.2) is 5.43 Å². The van der Waals surface area contributed by atoms with Crippen LogP contribution in [-0.2, 0) is 6.42 Å². The number of para-hydroxylation sites is 1. The SMILES string of the molecule is NNC(c1ccc(Cl)cc1Br)c1cccc2c1OCC2. The molecule has 1 heterocycles. The molecule has 0 aliphatic carbocycles. The van der Waals surface area contributed by atoms with Gasteiger partial charge in [0.25, 0.3) is 0 Å². The summed E-state index contributed by atoms with van der Waals surface area (Å²) < 4.78 is 6.68. The highest BCUT2D eigenvalue weighted by Crippen LogP contribution is 2.38. The van der Waals surface area contributed by atoms with E-state index in [0.29, 0.717) is 5.02 Å². The Bertz CT molecular complexity index is 648. The van der Waals surface area contributed by atoms with Gasteiger partial charge >= 0.3 is 0 Å². The second-order valence-corrected chi connectivity index (χ2v) is 5.99. The fourth-order valence-electron chi connectivity index (χ4n) is 2.55. The van der Waals surface area contributed by atoms with Crippen LogP contribution >= 0.6 is 27.5 Å². The predicted octanol–water partition coefficient (Wildman–Crippen LogP) is 3.59. The van der Waals surface area contributed by atoms with Gasteiger partial charge in [-0.1, -0.05) is 51.8 Å². The Balaban J connectivity index is 2.09. The lowest BCUT2D eigenvalue weighted by molar-refractivity contribution is 0.350. The maximum Gasteiger partial charge on any atom is 0.127 e. The van der Waals surface area contributed by atoms with Crippen LogP contribution in [0.15, 0.2) is 40.9 Å². The van der Waals surface area contributed by atoms with Gasteiger partial charge < -0.3 is 4.74 Å². The van der Waals surface area contributed by atoms with Gasteiger partial charge in [0.2, 0.25) is 0 Å². The number of hydrazine groups is 1. The van der Waals surface area contributed by atoms with Crippen LogP contribution in [0.4, 0.5) is 0 Å². The monoisotopic (exact) mass is 352 g/mol. The van der Waals surface area contributed by atoms with Crippen molar-refractivity contribution in [2.24, 2.45) is 5.84 Å². The van der Waals surface area contributed by atoms with Crippen LogP contribution in [0.5, 0.6) is 5.75 Å². The van der Waals surface area contributed by atoms with Crippen molar-refractivity contribution in [3.63, 3.8) is 0 Å². The Hall–Kier alpha value is -1.07. The molecule has 0 saturated carbocycles. The van der Waals surface area contributed by atoms with Gasteiger partial charge in [-0.2, -0.15) is 0 Å². The molecule has 0 bridgehead atoms. The molecule has 3 nitrogen and oxygen atoms in total. The first kappa shape index (κ1) is 13.9. The number of benzene rings is 2. The Morgan fingerprint density at radius 3 is 2.85 bits per heavy atom. The summed E-state index contributed by atoms with van der Waals surface area (Å²) >= 11 is 9.54. The Morgan fingerprint density at radius 2 is 2.10 bits per heavy atom. The lowest BCUT2D eigenvalue weighted by atomic mass is 9.96. The molecule has 3 N–H and O–H groups in total. The quantitative estimate of drug-likeness (QED) is 0.655. The van der Waals surface area contributed by atoms with E-state index in [0.717, 1.165) is 34.4 Å². The molecule has 0 spiro atoms. The zero-order chi connectivity index (χ0) is 14.1. The van der Waals surface area contributed by atoms with E-state index in [-0.39, 0.29) is 6.04 Å². The van der Waals surface area contributed by atoms with Crippen LogP contribution in [0.3, 0.4) is 0 Å². The minimum atomic E-state index is -0.144. The first-order valence-electron chi connectivity index (χ1n) is 6.36. The zero-order valence-electron chi connectivity index (χ0n) is 10.7. The van der Waals surface area contributed by atoms with Crippen molar-refractivity contribution in [2.45, 2.75) is 12.5 Å². The van der Waals surface area contributed by atoms with Crippen molar-refractivity contribution in [3.8, 4) is 5.75 Å². The van der Waals surface area contributed by atoms with Crippen LogP contribution in [0, 0.1) is 0 Å². The van der Waals surface area contributed by atoms with Crippen molar-refractivity contribution in [3.05, 3.63) is 62.6 Å². The van der Waals surface area contributed by atoms with Crippen LogP contribution in [0.2, 0.25) is 5.02 Å². The molecule has 5 heteroatoms. The first-order valence-corrected chi connectivity index (χ1v) is 7.53. The third kappa shape index (κ3) is 2.44. The molecular formula is C15H14BrClN2O. The van der Waals surface area contributed by atoms with Crippen molar-refractivity contribution in [1.29, 1.82) is 0 Å². The Morgan fingerprint density at radius 1 is 1.25 bits per heavy atom. The number of ether oxygens (including phenoxy) is 1. The predicted molar refractivity (Wildman–Crippen MR) is 84.0 cm³/mol. The third-order valence-electron chi connectivity index (χ3n) is 3.50. The molecule has 3 rings (SSSR count). The van der Waals surface area contributed by atoms with Gasteiger partial charge in [-0.15, -0.1) is 0 Å². The minimum Gasteiger partial charge on any atom is -0.493 e. The standard InChI is InChI=1S/C15H14BrClN2O/c16-13-8-10(17)4-5-11(13)14(19-18)12-3-1-2-9-6-7-20-15(9)12/h1-5,8,14,19H,6-7,18H2. The topological polar surface area (TPSA) is 47.3 Å². The molecule has 0 radical (unpaired) electrons. The molecule has 2 aromatic rings. The molecule has 0 amide bonds. The number of rotatable bonds is 3. The maximum absolute atomic E-state index is 6.00. The summed E-state index contributed by atoms with van der Waals surface area (Å²) in [7, 11) is 0. The smallest absolute Gasteiger partial charge is 0.127 e. The summed E-state index contributed by atoms with van der Waals surface area (Å²) in [6, 6.07) is 11.7. The fraction of sp³-hybridized carbons (Fsp3) is 0.200. The van der Waals surface area contributed by atoms with E-state index in [1.54, 1.807) is 0 Å². The summed E-state index contributed by atoms with van der Waals surface area (Å²) in [4.78, 5) is 0. The van der Waals surface area contributed by atoms with Gasteiger partial charge in [-0.3, -0.25) is 5.84 Å². The van der Waals surface area contributed by atoms with Crippen molar-refractivity contribution in [2.75, 3.05) is 6.61 Å². The summed E-state index contributed by atoms with van der Waals surface area (Å²) in [6.45, 7) is 0.728. The number of nitrogens with two attached hydrogens (primary N) is 1. The average Bonchev–Trinajstić information content (AvgIpc) is 2.91. The van der Waals surface area contributed by atoms with Crippen LogP contribution in [-0.4, -0.2) is 6.61 Å². The third-order valence-corrected chi connectivity index (χ3v) is 4.42. The van der Waals surface area contributed by atoms with Crippen molar-refractivity contribution >= 4 is 27.5 Å². The number of halogens is 2. The van der Waals surface area contributed by atoms with Crippen LogP contribution in [0.25, 0.3) is 0 Å². The number of fused-ring (bicyclic) bond motifs is 1. The van der Waals surface area contributed by atoms with Crippen molar-refractivity contribution < 1.29 is 4.74 Å².